The van der Waals surface area contributed by atoms with E-state index in [2.05, 4.69) is 72.2 Å². The van der Waals surface area contributed by atoms with Crippen LogP contribution in [0.25, 0.3) is 0 Å². The zero-order chi connectivity index (χ0) is 15.5. The number of nitrogens with one attached hydrogen (secondary N) is 1. The molecule has 4 aromatic heterocycles. The minimum atomic E-state index is -0.517. The summed E-state index contributed by atoms with van der Waals surface area (Å²) >= 11 is 7.11. The summed E-state index contributed by atoms with van der Waals surface area (Å²) in [5, 5.41) is 23.5. The molecule has 4 rings (SSSR count). The Balaban J connectivity index is 1.71. The van der Waals surface area contributed by atoms with Crippen LogP contribution in [-0.4, -0.2) is 0 Å². The first-order valence-corrected chi connectivity index (χ1v) is 13.3. The van der Waals surface area contributed by atoms with Gasteiger partial charge in [-0.3, -0.25) is 4.86 Å². The summed E-state index contributed by atoms with van der Waals surface area (Å²) in [7, 11) is -1.03. The van der Waals surface area contributed by atoms with Gasteiger partial charge in [-0.2, -0.15) is 45.3 Å². The van der Waals surface area contributed by atoms with Crippen LogP contribution in [0.15, 0.2) is 67.3 Å². The van der Waals surface area contributed by atoms with Crippen LogP contribution >= 0.6 is 61.5 Å². The van der Waals surface area contributed by atoms with Gasteiger partial charge in [-0.1, -0.05) is 0 Å². The molecule has 0 saturated carbocycles. The van der Waals surface area contributed by atoms with Gasteiger partial charge in [0.1, 0.15) is 0 Å². The third-order valence-electron chi connectivity index (χ3n) is 3.26. The molecule has 1 nitrogen and oxygen atoms in total. The van der Waals surface area contributed by atoms with E-state index >= 15 is 0 Å². The van der Waals surface area contributed by atoms with Gasteiger partial charge >= 0.3 is 0 Å². The Bertz CT molecular complexity index is 669. The lowest BCUT2D eigenvalue weighted by Gasteiger charge is -2.24. The van der Waals surface area contributed by atoms with Crippen LogP contribution in [-0.2, 0) is 0 Å². The number of hydrogen-bond donors (Lipinski definition) is 1. The summed E-state index contributed by atoms with van der Waals surface area (Å²) in [4.78, 5) is 4.02. The van der Waals surface area contributed by atoms with E-state index in [1.807, 2.05) is 0 Å². The molecular formula is C16H13NP2S4. The smallest absolute Gasteiger partial charge is 0.0311 e. The average Bonchev–Trinajstić information content (AvgIpc) is 3.35. The average molecular weight is 410 g/mol. The second-order valence-corrected chi connectivity index (χ2v) is 12.0. The molecule has 0 aliphatic heterocycles. The van der Waals surface area contributed by atoms with Crippen LogP contribution in [0.1, 0.15) is 0 Å². The molecule has 0 saturated heterocycles. The van der Waals surface area contributed by atoms with Gasteiger partial charge in [0.2, 0.25) is 0 Å². The van der Waals surface area contributed by atoms with E-state index in [1.54, 1.807) is 45.3 Å². The monoisotopic (exact) mass is 409 g/mol. The molecule has 0 radical (unpaired) electrons. The van der Waals surface area contributed by atoms with Gasteiger partial charge in [-0.15, -0.1) is 0 Å². The predicted molar refractivity (Wildman–Crippen MR) is 113 cm³/mol. The molecule has 23 heavy (non-hydrogen) atoms. The topological polar surface area (TPSA) is 12.0 Å². The Morgan fingerprint density at radius 3 is 1.04 bits per heavy atom. The minimum absolute atomic E-state index is 0.517. The Hall–Kier alpha value is -0.380. The fourth-order valence-electron chi connectivity index (χ4n) is 2.17. The summed E-state index contributed by atoms with van der Waals surface area (Å²) in [6, 6.07) is 9.04. The molecule has 0 aliphatic rings. The Morgan fingerprint density at radius 2 is 0.826 bits per heavy atom. The second-order valence-electron chi connectivity index (χ2n) is 4.70. The lowest BCUT2D eigenvalue weighted by Crippen LogP contribution is -2.25. The maximum atomic E-state index is 4.02. The fourth-order valence-corrected chi connectivity index (χ4v) is 11.2. The van der Waals surface area contributed by atoms with Crippen molar-refractivity contribution >= 4 is 82.7 Å². The van der Waals surface area contributed by atoms with E-state index in [-0.39, 0.29) is 0 Å². The van der Waals surface area contributed by atoms with Crippen LogP contribution in [0.4, 0.5) is 0 Å². The maximum Gasteiger partial charge on any atom is 0.0311 e. The molecular weight excluding hydrogens is 396 g/mol. The van der Waals surface area contributed by atoms with Gasteiger partial charge in [-0.25, -0.2) is 0 Å². The molecule has 7 heteroatoms. The molecule has 0 fully saturated rings. The van der Waals surface area contributed by atoms with Gasteiger partial charge in [0.15, 0.2) is 0 Å². The van der Waals surface area contributed by atoms with Crippen molar-refractivity contribution in [3.63, 3.8) is 0 Å². The molecule has 1 N–H and O–H groups in total. The third kappa shape index (κ3) is 3.67. The summed E-state index contributed by atoms with van der Waals surface area (Å²) in [6.07, 6.45) is 0. The minimum Gasteiger partial charge on any atom is -0.259 e. The highest BCUT2D eigenvalue weighted by Gasteiger charge is 2.23. The van der Waals surface area contributed by atoms with Gasteiger partial charge in [0.05, 0.1) is 0 Å². The molecule has 0 aromatic carbocycles. The Morgan fingerprint density at radius 1 is 0.522 bits per heavy atom. The van der Waals surface area contributed by atoms with Gasteiger partial charge in [0.25, 0.3) is 0 Å². The van der Waals surface area contributed by atoms with Crippen molar-refractivity contribution in [2.45, 2.75) is 0 Å². The normalized spacial score (nSPS) is 11.6. The molecule has 4 heterocycles. The fraction of sp³-hybridized carbons (Fsp3) is 0. The largest absolute Gasteiger partial charge is 0.259 e. The quantitative estimate of drug-likeness (QED) is 0.446. The molecule has 116 valence electrons. The molecule has 0 unspecified atom stereocenters. The van der Waals surface area contributed by atoms with Crippen molar-refractivity contribution < 1.29 is 0 Å². The van der Waals surface area contributed by atoms with Crippen LogP contribution in [0, 0.1) is 0 Å². The van der Waals surface area contributed by atoms with Crippen molar-refractivity contribution in [3.8, 4) is 0 Å². The van der Waals surface area contributed by atoms with E-state index < -0.39 is 16.1 Å². The van der Waals surface area contributed by atoms with E-state index in [9.17, 15) is 0 Å². The zero-order valence-corrected chi connectivity index (χ0v) is 17.0. The summed E-state index contributed by atoms with van der Waals surface area (Å²) < 4.78 is 0. The van der Waals surface area contributed by atoms with Gasteiger partial charge in [-0.05, 0) is 67.3 Å². The predicted octanol–water partition coefficient (Wildman–Crippen LogP) is 4.92. The van der Waals surface area contributed by atoms with E-state index in [4.69, 9.17) is 0 Å². The molecule has 0 bridgehead atoms. The van der Waals surface area contributed by atoms with Crippen molar-refractivity contribution in [1.82, 2.24) is 4.86 Å². The standard InChI is InChI=1S/C16H13NP2S4/c1-5-20-9-13(1)18(14-2-6-21-10-14)17-19(15-3-7-22-11-15)16-4-8-23-12-16/h1-12,17H. The van der Waals surface area contributed by atoms with Crippen LogP contribution in [0.5, 0.6) is 0 Å². The SMILES string of the molecule is c1cc(P(NP(c2ccsc2)c2ccsc2)c2ccsc2)cs1. The number of rotatable bonds is 6. The third-order valence-corrected chi connectivity index (χ3v) is 11.5. The first-order chi connectivity index (χ1) is 11.4. The molecule has 4 aromatic rings. The first-order valence-electron chi connectivity index (χ1n) is 6.87. The highest BCUT2D eigenvalue weighted by molar-refractivity contribution is 7.85. The molecule has 0 amide bonds. The number of thiophene rings is 4. The van der Waals surface area contributed by atoms with Crippen molar-refractivity contribution in [1.29, 1.82) is 0 Å². The Labute approximate surface area is 154 Å². The van der Waals surface area contributed by atoms with Gasteiger partial charge in [0, 0.05) is 37.4 Å². The summed E-state index contributed by atoms with van der Waals surface area (Å²) in [6.45, 7) is 0. The zero-order valence-electron chi connectivity index (χ0n) is 12.0. The van der Waals surface area contributed by atoms with Crippen LogP contribution in [0.2, 0.25) is 0 Å². The maximum absolute atomic E-state index is 4.02. The van der Waals surface area contributed by atoms with Crippen molar-refractivity contribution in [2.75, 3.05) is 0 Å². The van der Waals surface area contributed by atoms with Crippen molar-refractivity contribution in [2.24, 2.45) is 0 Å². The molecule has 0 aliphatic carbocycles. The first kappa shape index (κ1) is 16.1. The number of hydrogen-bond acceptors (Lipinski definition) is 5. The van der Waals surface area contributed by atoms with Crippen LogP contribution in [0.3, 0.4) is 0 Å². The second kappa shape index (κ2) is 7.67. The molecule has 0 atom stereocenters. The van der Waals surface area contributed by atoms with E-state index in [1.165, 1.54) is 21.2 Å². The van der Waals surface area contributed by atoms with Crippen molar-refractivity contribution in [3.05, 3.63) is 67.3 Å². The highest BCUT2D eigenvalue weighted by Crippen LogP contribution is 2.43. The lowest BCUT2D eigenvalue weighted by molar-refractivity contribution is 1.66. The highest BCUT2D eigenvalue weighted by atomic mass is 32.1. The molecule has 0 spiro atoms. The Kier molecular flexibility index (Phi) is 5.37. The summed E-state index contributed by atoms with van der Waals surface area (Å²) in [5.41, 5.74) is 0. The van der Waals surface area contributed by atoms with Gasteiger partial charge < -0.3 is 0 Å². The van der Waals surface area contributed by atoms with E-state index in [0.29, 0.717) is 0 Å². The summed E-state index contributed by atoms with van der Waals surface area (Å²) in [5.74, 6) is 0. The van der Waals surface area contributed by atoms with Crippen LogP contribution < -0.4 is 26.1 Å². The van der Waals surface area contributed by atoms with E-state index in [0.717, 1.165) is 0 Å². The lowest BCUT2D eigenvalue weighted by atomic mass is 10.7.